The molecule has 0 bridgehead atoms. The summed E-state index contributed by atoms with van der Waals surface area (Å²) in [5.41, 5.74) is 1.71. The fourth-order valence-corrected chi connectivity index (χ4v) is 3.04. The third kappa shape index (κ3) is 3.87. The molecule has 0 amide bonds. The quantitative estimate of drug-likeness (QED) is 0.726. The lowest BCUT2D eigenvalue weighted by Gasteiger charge is -2.13. The summed E-state index contributed by atoms with van der Waals surface area (Å²) in [6.45, 7) is 0. The Labute approximate surface area is 135 Å². The number of hydrogen-bond donors (Lipinski definition) is 1. The zero-order valence-corrected chi connectivity index (χ0v) is 13.6. The van der Waals surface area contributed by atoms with Gasteiger partial charge in [-0.15, -0.1) is 0 Å². The number of rotatable bonds is 3. The van der Waals surface area contributed by atoms with E-state index in [1.807, 2.05) is 6.07 Å². The molecule has 100 valence electrons. The summed E-state index contributed by atoms with van der Waals surface area (Å²) in [7, 11) is 0. The molecule has 1 atom stereocenters. The monoisotopic (exact) mass is 378 g/mol. The zero-order chi connectivity index (χ0) is 14.0. The summed E-state index contributed by atoms with van der Waals surface area (Å²) >= 11 is 21.1. The van der Waals surface area contributed by atoms with Crippen LogP contribution in [0.3, 0.4) is 0 Å². The highest BCUT2D eigenvalue weighted by atomic mass is 79.9. The van der Waals surface area contributed by atoms with E-state index in [0.717, 1.165) is 15.6 Å². The van der Waals surface area contributed by atoms with E-state index >= 15 is 0 Å². The third-order valence-corrected chi connectivity index (χ3v) is 4.40. The van der Waals surface area contributed by atoms with Crippen molar-refractivity contribution in [2.75, 3.05) is 0 Å². The van der Waals surface area contributed by atoms with Crippen molar-refractivity contribution >= 4 is 50.7 Å². The largest absolute Gasteiger partial charge is 0.388 e. The molecule has 2 aromatic carbocycles. The Morgan fingerprint density at radius 1 is 1.00 bits per heavy atom. The Morgan fingerprint density at radius 3 is 2.37 bits per heavy atom. The predicted octanol–water partition coefficient (Wildman–Crippen LogP) is 5.69. The van der Waals surface area contributed by atoms with Gasteiger partial charge in [0.25, 0.3) is 0 Å². The third-order valence-electron chi connectivity index (χ3n) is 2.73. The number of aliphatic hydroxyl groups excluding tert-OH is 1. The second-order valence-electron chi connectivity index (χ2n) is 4.13. The number of aliphatic hydroxyl groups is 1. The smallest absolute Gasteiger partial charge is 0.0841 e. The zero-order valence-electron chi connectivity index (χ0n) is 9.71. The highest BCUT2D eigenvalue weighted by Crippen LogP contribution is 2.30. The molecular formula is C14H10BrCl3O. The molecule has 0 aliphatic rings. The van der Waals surface area contributed by atoms with Crippen LogP contribution in [0.4, 0.5) is 0 Å². The fourth-order valence-electron chi connectivity index (χ4n) is 1.77. The lowest BCUT2D eigenvalue weighted by Crippen LogP contribution is -2.02. The summed E-state index contributed by atoms with van der Waals surface area (Å²) in [6, 6.07) is 10.6. The Balaban J connectivity index is 2.20. The number of benzene rings is 2. The maximum absolute atomic E-state index is 10.3. The lowest BCUT2D eigenvalue weighted by atomic mass is 10.0. The molecule has 0 aliphatic carbocycles. The molecular weight excluding hydrogens is 370 g/mol. The van der Waals surface area contributed by atoms with Crippen molar-refractivity contribution < 1.29 is 5.11 Å². The van der Waals surface area contributed by atoms with E-state index in [1.165, 1.54) is 0 Å². The number of halogens is 4. The van der Waals surface area contributed by atoms with Gasteiger partial charge in [0, 0.05) is 15.9 Å². The van der Waals surface area contributed by atoms with Crippen LogP contribution in [-0.4, -0.2) is 5.11 Å². The topological polar surface area (TPSA) is 20.2 Å². The molecule has 2 aromatic rings. The van der Waals surface area contributed by atoms with E-state index in [1.54, 1.807) is 30.3 Å². The van der Waals surface area contributed by atoms with Gasteiger partial charge in [-0.05, 0) is 35.4 Å². The number of hydrogen-bond acceptors (Lipinski definition) is 1. The SMILES string of the molecule is OC(Cc1ccc(Cl)c(Cl)c1)c1ccc(Cl)cc1Br. The van der Waals surface area contributed by atoms with Gasteiger partial charge in [0.1, 0.15) is 0 Å². The first-order valence-electron chi connectivity index (χ1n) is 5.54. The molecule has 5 heteroatoms. The van der Waals surface area contributed by atoms with Gasteiger partial charge in [-0.2, -0.15) is 0 Å². The Morgan fingerprint density at radius 2 is 1.74 bits per heavy atom. The van der Waals surface area contributed by atoms with Crippen LogP contribution in [0.25, 0.3) is 0 Å². The maximum atomic E-state index is 10.3. The summed E-state index contributed by atoms with van der Waals surface area (Å²) in [5.74, 6) is 0. The van der Waals surface area contributed by atoms with Crippen LogP contribution in [0, 0.1) is 0 Å². The normalized spacial score (nSPS) is 12.5. The molecule has 0 saturated carbocycles. The Hall–Kier alpha value is -0.250. The first-order chi connectivity index (χ1) is 8.97. The van der Waals surface area contributed by atoms with Crippen LogP contribution in [0.15, 0.2) is 40.9 Å². The van der Waals surface area contributed by atoms with Crippen molar-refractivity contribution in [3.8, 4) is 0 Å². The molecule has 1 nitrogen and oxygen atoms in total. The highest BCUT2D eigenvalue weighted by molar-refractivity contribution is 9.10. The molecule has 1 unspecified atom stereocenters. The molecule has 19 heavy (non-hydrogen) atoms. The molecule has 0 radical (unpaired) electrons. The van der Waals surface area contributed by atoms with Crippen molar-refractivity contribution in [2.24, 2.45) is 0 Å². The van der Waals surface area contributed by atoms with Gasteiger partial charge in [0.05, 0.1) is 16.1 Å². The van der Waals surface area contributed by atoms with E-state index in [2.05, 4.69) is 15.9 Å². The van der Waals surface area contributed by atoms with Gasteiger partial charge >= 0.3 is 0 Å². The average Bonchev–Trinajstić information content (AvgIpc) is 2.33. The van der Waals surface area contributed by atoms with Gasteiger partial charge in [-0.3, -0.25) is 0 Å². The van der Waals surface area contributed by atoms with Crippen molar-refractivity contribution in [1.29, 1.82) is 0 Å². The predicted molar refractivity (Wildman–Crippen MR) is 84.3 cm³/mol. The molecule has 1 N–H and O–H groups in total. The van der Waals surface area contributed by atoms with E-state index in [0.29, 0.717) is 21.5 Å². The first-order valence-corrected chi connectivity index (χ1v) is 7.47. The van der Waals surface area contributed by atoms with Crippen LogP contribution >= 0.6 is 50.7 Å². The molecule has 0 aliphatic heterocycles. The van der Waals surface area contributed by atoms with Crippen LogP contribution in [0.2, 0.25) is 15.1 Å². The van der Waals surface area contributed by atoms with Crippen LogP contribution < -0.4 is 0 Å². The summed E-state index contributed by atoms with van der Waals surface area (Å²) in [5, 5.41) is 11.9. The van der Waals surface area contributed by atoms with Gasteiger partial charge in [0.2, 0.25) is 0 Å². The fraction of sp³-hybridized carbons (Fsp3) is 0.143. The maximum Gasteiger partial charge on any atom is 0.0841 e. The van der Waals surface area contributed by atoms with Crippen molar-refractivity contribution in [2.45, 2.75) is 12.5 Å². The Kier molecular flexibility index (Phi) is 5.15. The molecule has 0 saturated heterocycles. The van der Waals surface area contributed by atoms with Gasteiger partial charge in [-0.1, -0.05) is 62.9 Å². The minimum atomic E-state index is -0.635. The summed E-state index contributed by atoms with van der Waals surface area (Å²) in [4.78, 5) is 0. The molecule has 0 fully saturated rings. The van der Waals surface area contributed by atoms with E-state index in [9.17, 15) is 5.11 Å². The van der Waals surface area contributed by atoms with E-state index in [4.69, 9.17) is 34.8 Å². The lowest BCUT2D eigenvalue weighted by molar-refractivity contribution is 0.177. The second kappa shape index (κ2) is 6.47. The van der Waals surface area contributed by atoms with Gasteiger partial charge in [0.15, 0.2) is 0 Å². The second-order valence-corrected chi connectivity index (χ2v) is 6.24. The van der Waals surface area contributed by atoms with Crippen LogP contribution in [0.5, 0.6) is 0 Å². The minimum Gasteiger partial charge on any atom is -0.388 e. The van der Waals surface area contributed by atoms with Crippen LogP contribution in [0.1, 0.15) is 17.2 Å². The van der Waals surface area contributed by atoms with Crippen LogP contribution in [-0.2, 0) is 6.42 Å². The minimum absolute atomic E-state index is 0.455. The Bertz CT molecular complexity index is 601. The first kappa shape index (κ1) is 15.1. The van der Waals surface area contributed by atoms with Crippen molar-refractivity contribution in [3.05, 3.63) is 67.1 Å². The van der Waals surface area contributed by atoms with E-state index < -0.39 is 6.10 Å². The summed E-state index contributed by atoms with van der Waals surface area (Å²) in [6.07, 6.45) is -0.180. The molecule has 0 spiro atoms. The van der Waals surface area contributed by atoms with E-state index in [-0.39, 0.29) is 0 Å². The van der Waals surface area contributed by atoms with Crippen molar-refractivity contribution in [3.63, 3.8) is 0 Å². The molecule has 0 heterocycles. The molecule has 0 aromatic heterocycles. The van der Waals surface area contributed by atoms with Gasteiger partial charge < -0.3 is 5.11 Å². The van der Waals surface area contributed by atoms with Gasteiger partial charge in [-0.25, -0.2) is 0 Å². The summed E-state index contributed by atoms with van der Waals surface area (Å²) < 4.78 is 0.785. The standard InChI is InChI=1S/C14H10BrCl3O/c15-11-7-9(16)2-3-10(11)14(19)6-8-1-4-12(17)13(18)5-8/h1-5,7,14,19H,6H2. The molecule has 2 rings (SSSR count). The van der Waals surface area contributed by atoms with Crippen molar-refractivity contribution in [1.82, 2.24) is 0 Å². The highest BCUT2D eigenvalue weighted by Gasteiger charge is 2.13. The average molecular weight is 380 g/mol.